The molecule has 4 nitrogen and oxygen atoms in total. The van der Waals surface area contributed by atoms with Crippen LogP contribution in [-0.2, 0) is 14.7 Å². The van der Waals surface area contributed by atoms with Crippen molar-refractivity contribution >= 4 is 9.84 Å². The Hall–Kier alpha value is -0.130. The van der Waals surface area contributed by atoms with Crippen molar-refractivity contribution in [3.8, 4) is 0 Å². The van der Waals surface area contributed by atoms with Crippen LogP contribution in [0.15, 0.2) is 0 Å². The summed E-state index contributed by atoms with van der Waals surface area (Å²) in [7, 11) is -1.18. The van der Waals surface area contributed by atoms with E-state index in [1.165, 1.54) is 0 Å². The van der Waals surface area contributed by atoms with Gasteiger partial charge in [0.25, 0.3) is 0 Å². The van der Waals surface area contributed by atoms with Gasteiger partial charge >= 0.3 is 0 Å². The molecule has 1 rings (SSSR count). The number of rotatable bonds is 2. The van der Waals surface area contributed by atoms with Crippen molar-refractivity contribution in [3.05, 3.63) is 0 Å². The zero-order chi connectivity index (χ0) is 8.32. The zero-order valence-corrected chi connectivity index (χ0v) is 7.36. The summed E-state index contributed by atoms with van der Waals surface area (Å²) in [4.78, 5) is 4.70. The van der Waals surface area contributed by atoms with E-state index >= 15 is 0 Å². The molecule has 1 fully saturated rings. The van der Waals surface area contributed by atoms with Gasteiger partial charge in [0.1, 0.15) is 9.84 Å². The highest BCUT2D eigenvalue weighted by atomic mass is 32.2. The highest BCUT2D eigenvalue weighted by molar-refractivity contribution is 7.91. The minimum absolute atomic E-state index is 0.212. The Labute approximate surface area is 66.8 Å². The minimum Gasteiger partial charge on any atom is -0.305 e. The van der Waals surface area contributed by atoms with Crippen LogP contribution in [0, 0.1) is 0 Å². The lowest BCUT2D eigenvalue weighted by molar-refractivity contribution is 0.0578. The lowest BCUT2D eigenvalue weighted by atomic mass is 10.2. The van der Waals surface area contributed by atoms with Gasteiger partial charge in [0, 0.05) is 6.04 Å². The predicted molar refractivity (Wildman–Crippen MR) is 41.8 cm³/mol. The van der Waals surface area contributed by atoms with Gasteiger partial charge in [0.15, 0.2) is 0 Å². The van der Waals surface area contributed by atoms with Crippen LogP contribution in [0.3, 0.4) is 0 Å². The summed E-state index contributed by atoms with van der Waals surface area (Å²) in [6.45, 7) is 0. The van der Waals surface area contributed by atoms with Crippen LogP contribution in [0.4, 0.5) is 0 Å². The molecule has 0 spiro atoms. The van der Waals surface area contributed by atoms with Crippen molar-refractivity contribution in [1.82, 2.24) is 5.48 Å². The maximum absolute atomic E-state index is 10.9. The lowest BCUT2D eigenvalue weighted by Crippen LogP contribution is -2.36. The van der Waals surface area contributed by atoms with E-state index < -0.39 is 9.84 Å². The number of nitrogens with one attached hydrogen (secondary N) is 1. The molecule has 66 valence electrons. The van der Waals surface area contributed by atoms with Crippen LogP contribution in [0.5, 0.6) is 0 Å². The second-order valence-corrected chi connectivity index (χ2v) is 5.05. The molecular weight excluding hydrogens is 166 g/mol. The smallest absolute Gasteiger partial charge is 0.150 e. The molecule has 1 aliphatic rings. The van der Waals surface area contributed by atoms with Crippen molar-refractivity contribution in [2.45, 2.75) is 18.9 Å². The molecule has 11 heavy (non-hydrogen) atoms. The fourth-order valence-corrected chi connectivity index (χ4v) is 2.67. The molecule has 0 saturated carbocycles. The molecule has 0 amide bonds. The third-order valence-electron chi connectivity index (χ3n) is 1.84. The molecule has 1 aliphatic heterocycles. The van der Waals surface area contributed by atoms with Gasteiger partial charge in [-0.3, -0.25) is 0 Å². The van der Waals surface area contributed by atoms with Crippen LogP contribution >= 0.6 is 0 Å². The molecule has 1 heterocycles. The van der Waals surface area contributed by atoms with E-state index in [-0.39, 0.29) is 17.5 Å². The monoisotopic (exact) mass is 179 g/mol. The molecule has 0 unspecified atom stereocenters. The second kappa shape index (κ2) is 3.51. The van der Waals surface area contributed by atoms with Crippen molar-refractivity contribution in [3.63, 3.8) is 0 Å². The fraction of sp³-hybridized carbons (Fsp3) is 1.00. The van der Waals surface area contributed by atoms with E-state index in [9.17, 15) is 8.42 Å². The predicted octanol–water partition coefficient (Wildman–Crippen LogP) is -0.285. The summed E-state index contributed by atoms with van der Waals surface area (Å²) < 4.78 is 21.9. The largest absolute Gasteiger partial charge is 0.305 e. The molecule has 1 saturated heterocycles. The van der Waals surface area contributed by atoms with E-state index in [0.717, 1.165) is 0 Å². The van der Waals surface area contributed by atoms with Crippen molar-refractivity contribution in [2.75, 3.05) is 18.6 Å². The van der Waals surface area contributed by atoms with Crippen LogP contribution in [0.1, 0.15) is 12.8 Å². The third kappa shape index (κ3) is 2.76. The van der Waals surface area contributed by atoms with Gasteiger partial charge in [-0.15, -0.1) is 0 Å². The molecule has 0 bridgehead atoms. The van der Waals surface area contributed by atoms with Crippen LogP contribution in [0.25, 0.3) is 0 Å². The molecule has 5 heteroatoms. The number of hydroxylamine groups is 1. The summed E-state index contributed by atoms with van der Waals surface area (Å²) in [6.07, 6.45) is 1.33. The summed E-state index contributed by atoms with van der Waals surface area (Å²) in [5, 5.41) is 0. The number of sulfone groups is 1. The molecule has 0 aliphatic carbocycles. The first-order valence-corrected chi connectivity index (χ1v) is 5.45. The van der Waals surface area contributed by atoms with Gasteiger partial charge in [-0.05, 0) is 12.8 Å². The average Bonchev–Trinajstić information content (AvgIpc) is 1.94. The van der Waals surface area contributed by atoms with E-state index in [1.807, 2.05) is 0 Å². The second-order valence-electron chi connectivity index (χ2n) is 2.75. The number of hydrogen-bond donors (Lipinski definition) is 1. The van der Waals surface area contributed by atoms with Crippen molar-refractivity contribution in [2.24, 2.45) is 0 Å². The summed E-state index contributed by atoms with van der Waals surface area (Å²) in [6, 6.07) is 0.212. The molecular formula is C6H13NO3S. The summed E-state index contributed by atoms with van der Waals surface area (Å²) in [5.41, 5.74) is 2.76. The van der Waals surface area contributed by atoms with E-state index in [2.05, 4.69) is 5.48 Å². The van der Waals surface area contributed by atoms with Gasteiger partial charge in [-0.2, -0.15) is 5.48 Å². The SMILES string of the molecule is CONC1CCS(=O)(=O)CC1. The topological polar surface area (TPSA) is 55.4 Å². The Morgan fingerprint density at radius 2 is 1.91 bits per heavy atom. The Bertz CT molecular complexity index is 198. The maximum Gasteiger partial charge on any atom is 0.150 e. The van der Waals surface area contributed by atoms with Gasteiger partial charge in [-0.1, -0.05) is 0 Å². The quantitative estimate of drug-likeness (QED) is 0.592. The first-order valence-electron chi connectivity index (χ1n) is 3.63. The average molecular weight is 179 g/mol. The Morgan fingerprint density at radius 3 is 2.36 bits per heavy atom. The highest BCUT2D eigenvalue weighted by Gasteiger charge is 2.22. The van der Waals surface area contributed by atoms with Gasteiger partial charge in [-0.25, -0.2) is 8.42 Å². The van der Waals surface area contributed by atoms with Crippen molar-refractivity contribution < 1.29 is 13.3 Å². The van der Waals surface area contributed by atoms with Gasteiger partial charge in [0.2, 0.25) is 0 Å². The van der Waals surface area contributed by atoms with Crippen LogP contribution in [0.2, 0.25) is 0 Å². The third-order valence-corrected chi connectivity index (χ3v) is 3.55. The first-order chi connectivity index (χ1) is 5.14. The molecule has 0 aromatic carbocycles. The Morgan fingerprint density at radius 1 is 1.36 bits per heavy atom. The minimum atomic E-state index is -2.73. The van der Waals surface area contributed by atoms with Crippen LogP contribution in [-0.4, -0.2) is 33.1 Å². The van der Waals surface area contributed by atoms with Crippen LogP contribution < -0.4 is 5.48 Å². The normalized spacial score (nSPS) is 25.2. The lowest BCUT2D eigenvalue weighted by Gasteiger charge is -2.21. The molecule has 0 aromatic heterocycles. The van der Waals surface area contributed by atoms with Gasteiger partial charge < -0.3 is 4.84 Å². The van der Waals surface area contributed by atoms with Gasteiger partial charge in [0.05, 0.1) is 18.6 Å². The molecule has 1 N–H and O–H groups in total. The van der Waals surface area contributed by atoms with E-state index in [1.54, 1.807) is 7.11 Å². The fourth-order valence-electron chi connectivity index (χ4n) is 1.17. The Balaban J connectivity index is 2.36. The Kier molecular flexibility index (Phi) is 2.86. The molecule has 0 radical (unpaired) electrons. The standard InChI is InChI=1S/C6H13NO3S/c1-10-7-6-2-4-11(8,9)5-3-6/h6-7H,2-5H2,1H3. The van der Waals surface area contributed by atoms with E-state index in [4.69, 9.17) is 4.84 Å². The molecule has 0 aromatic rings. The van der Waals surface area contributed by atoms with E-state index in [0.29, 0.717) is 12.8 Å². The summed E-state index contributed by atoms with van der Waals surface area (Å²) in [5.74, 6) is 0.571. The molecule has 0 atom stereocenters. The summed E-state index contributed by atoms with van der Waals surface area (Å²) >= 11 is 0. The first kappa shape index (κ1) is 8.96. The van der Waals surface area contributed by atoms with Crippen molar-refractivity contribution in [1.29, 1.82) is 0 Å². The highest BCUT2D eigenvalue weighted by Crippen LogP contribution is 2.11. The number of hydrogen-bond acceptors (Lipinski definition) is 4. The zero-order valence-electron chi connectivity index (χ0n) is 6.54. The maximum atomic E-state index is 10.9.